The van der Waals surface area contributed by atoms with Crippen LogP contribution in [0.25, 0.3) is 18.2 Å². The summed E-state index contributed by atoms with van der Waals surface area (Å²) in [4.78, 5) is 32.4. The number of aromatic nitrogens is 2. The van der Waals surface area contributed by atoms with E-state index < -0.39 is 0 Å². The van der Waals surface area contributed by atoms with Gasteiger partial charge in [-0.25, -0.2) is 4.98 Å². The lowest BCUT2D eigenvalue weighted by atomic mass is 10.1. The van der Waals surface area contributed by atoms with Gasteiger partial charge < -0.3 is 14.8 Å². The van der Waals surface area contributed by atoms with Gasteiger partial charge in [-0.05, 0) is 49.4 Å². The van der Waals surface area contributed by atoms with Crippen LogP contribution in [0.15, 0.2) is 24.5 Å². The number of amides is 2. The van der Waals surface area contributed by atoms with Crippen molar-refractivity contribution < 1.29 is 9.59 Å². The van der Waals surface area contributed by atoms with E-state index in [1.54, 1.807) is 30.3 Å². The topological polar surface area (TPSA) is 70.5 Å². The number of carbonyl (C=O) groups excluding carboxylic acids is 2. The second-order valence-corrected chi connectivity index (χ2v) is 7.67. The van der Waals surface area contributed by atoms with E-state index in [0.717, 1.165) is 27.3 Å². The van der Waals surface area contributed by atoms with Gasteiger partial charge in [-0.1, -0.05) is 12.2 Å². The van der Waals surface area contributed by atoms with E-state index in [0.29, 0.717) is 25.5 Å². The molecule has 0 bridgehead atoms. The van der Waals surface area contributed by atoms with Gasteiger partial charge in [0.2, 0.25) is 11.8 Å². The Kier molecular flexibility index (Phi) is 6.52. The van der Waals surface area contributed by atoms with Crippen LogP contribution in [0.1, 0.15) is 30.5 Å². The SMILES string of the molecule is C/C=c1/c(CN(C)C(=O)/C=C/c2cnc3c(c2)CN(C)CC(=O)N3)cn(C)/c1=C/C. The fourth-order valence-corrected chi connectivity index (χ4v) is 3.79. The number of rotatable bonds is 4. The molecule has 30 heavy (non-hydrogen) atoms. The molecule has 0 fully saturated rings. The van der Waals surface area contributed by atoms with Crippen molar-refractivity contribution in [2.45, 2.75) is 26.9 Å². The van der Waals surface area contributed by atoms with Gasteiger partial charge in [0.05, 0.1) is 6.54 Å². The van der Waals surface area contributed by atoms with Gasteiger partial charge >= 0.3 is 0 Å². The summed E-state index contributed by atoms with van der Waals surface area (Å²) in [6.45, 7) is 5.51. The van der Waals surface area contributed by atoms with E-state index in [4.69, 9.17) is 0 Å². The molecule has 0 saturated carbocycles. The largest absolute Gasteiger partial charge is 0.350 e. The summed E-state index contributed by atoms with van der Waals surface area (Å²) in [6.07, 6.45) is 11.2. The first-order chi connectivity index (χ1) is 14.3. The second-order valence-electron chi connectivity index (χ2n) is 7.67. The minimum absolute atomic E-state index is 0.0720. The molecule has 3 heterocycles. The molecule has 0 atom stereocenters. The first-order valence-electron chi connectivity index (χ1n) is 9.99. The zero-order chi connectivity index (χ0) is 21.8. The van der Waals surface area contributed by atoms with Crippen molar-refractivity contribution in [3.05, 3.63) is 51.8 Å². The fraction of sp³-hybridized carbons (Fsp3) is 0.348. The maximum atomic E-state index is 12.6. The molecule has 0 aliphatic carbocycles. The number of hydrogen-bond donors (Lipinski definition) is 1. The number of fused-ring (bicyclic) bond motifs is 1. The van der Waals surface area contributed by atoms with E-state index in [-0.39, 0.29) is 11.8 Å². The van der Waals surface area contributed by atoms with Gasteiger partial charge in [0.25, 0.3) is 0 Å². The molecule has 2 amide bonds. The van der Waals surface area contributed by atoms with Gasteiger partial charge in [0.1, 0.15) is 5.82 Å². The van der Waals surface area contributed by atoms with E-state index in [1.165, 1.54) is 0 Å². The number of nitrogens with zero attached hydrogens (tertiary/aromatic N) is 4. The number of aryl methyl sites for hydroxylation is 1. The lowest BCUT2D eigenvalue weighted by Gasteiger charge is -2.14. The number of hydrogen-bond acceptors (Lipinski definition) is 4. The molecule has 1 N–H and O–H groups in total. The van der Waals surface area contributed by atoms with Gasteiger partial charge in [-0.3, -0.25) is 14.5 Å². The first kappa shape index (κ1) is 21.5. The quantitative estimate of drug-likeness (QED) is 0.770. The molecule has 7 nitrogen and oxygen atoms in total. The van der Waals surface area contributed by atoms with Crippen LogP contribution in [0.4, 0.5) is 5.82 Å². The highest BCUT2D eigenvalue weighted by Gasteiger charge is 2.17. The highest BCUT2D eigenvalue weighted by atomic mass is 16.2. The normalized spacial score (nSPS) is 16.0. The van der Waals surface area contributed by atoms with Crippen LogP contribution >= 0.6 is 0 Å². The Bertz CT molecular complexity index is 1110. The highest BCUT2D eigenvalue weighted by Crippen LogP contribution is 2.19. The number of likely N-dealkylation sites (N-methyl/N-ethyl adjacent to an activating group) is 2. The van der Waals surface area contributed by atoms with Gasteiger partial charge in [0.15, 0.2) is 0 Å². The van der Waals surface area contributed by atoms with Gasteiger partial charge in [-0.15, -0.1) is 0 Å². The van der Waals surface area contributed by atoms with Crippen molar-refractivity contribution in [1.29, 1.82) is 0 Å². The Labute approximate surface area is 177 Å². The molecule has 2 aromatic rings. The fourth-order valence-electron chi connectivity index (χ4n) is 3.79. The van der Waals surface area contributed by atoms with Crippen LogP contribution < -0.4 is 15.9 Å². The van der Waals surface area contributed by atoms with Gasteiger partial charge in [0, 0.05) is 56.6 Å². The summed E-state index contributed by atoms with van der Waals surface area (Å²) >= 11 is 0. The molecular weight excluding hydrogens is 378 g/mol. The summed E-state index contributed by atoms with van der Waals surface area (Å²) in [6, 6.07) is 1.96. The van der Waals surface area contributed by atoms with Crippen molar-refractivity contribution in [1.82, 2.24) is 19.4 Å². The predicted octanol–water partition coefficient (Wildman–Crippen LogP) is 1.08. The van der Waals surface area contributed by atoms with E-state index in [9.17, 15) is 9.59 Å². The first-order valence-corrected chi connectivity index (χ1v) is 9.99. The maximum Gasteiger partial charge on any atom is 0.246 e. The third-order valence-electron chi connectivity index (χ3n) is 5.21. The third kappa shape index (κ3) is 4.68. The Morgan fingerprint density at radius 3 is 2.73 bits per heavy atom. The number of nitrogens with one attached hydrogen (secondary N) is 1. The summed E-state index contributed by atoms with van der Waals surface area (Å²) < 4.78 is 2.08. The Balaban J connectivity index is 1.74. The minimum Gasteiger partial charge on any atom is -0.350 e. The zero-order valence-corrected chi connectivity index (χ0v) is 18.3. The summed E-state index contributed by atoms with van der Waals surface area (Å²) in [5.41, 5.74) is 2.87. The molecule has 1 aliphatic rings. The van der Waals surface area contributed by atoms with Crippen molar-refractivity contribution in [2.24, 2.45) is 7.05 Å². The van der Waals surface area contributed by atoms with Crippen molar-refractivity contribution >= 4 is 35.9 Å². The van der Waals surface area contributed by atoms with Crippen molar-refractivity contribution in [3.8, 4) is 0 Å². The smallest absolute Gasteiger partial charge is 0.246 e. The molecule has 1 aliphatic heterocycles. The molecule has 7 heteroatoms. The van der Waals surface area contributed by atoms with Crippen LogP contribution in [0.3, 0.4) is 0 Å². The summed E-state index contributed by atoms with van der Waals surface area (Å²) in [5, 5.41) is 5.12. The van der Waals surface area contributed by atoms with Crippen LogP contribution in [-0.4, -0.2) is 51.8 Å². The van der Waals surface area contributed by atoms with Gasteiger partial charge in [-0.2, -0.15) is 0 Å². The average Bonchev–Trinajstić information content (AvgIpc) is 2.92. The zero-order valence-electron chi connectivity index (χ0n) is 18.3. The monoisotopic (exact) mass is 407 g/mol. The van der Waals surface area contributed by atoms with E-state index in [2.05, 4.69) is 33.2 Å². The third-order valence-corrected chi connectivity index (χ3v) is 5.21. The highest BCUT2D eigenvalue weighted by molar-refractivity contribution is 5.93. The lowest BCUT2D eigenvalue weighted by Crippen LogP contribution is -2.31. The molecule has 0 radical (unpaired) electrons. The van der Waals surface area contributed by atoms with Crippen LogP contribution in [0.5, 0.6) is 0 Å². The molecule has 158 valence electrons. The standard InChI is InChI=1S/C23H29N5O2/c1-6-19-18(13-27(4)20(19)7-2)14-28(5)22(30)9-8-16-10-17-12-26(3)15-21(29)25-23(17)24-11-16/h6-11,13H,12,14-15H2,1-5H3,(H,24,25,29)/b9-8+,19-6-,20-7+. The Morgan fingerprint density at radius 2 is 2.03 bits per heavy atom. The van der Waals surface area contributed by atoms with Crippen molar-refractivity contribution in [2.75, 3.05) is 26.0 Å². The lowest BCUT2D eigenvalue weighted by molar-refractivity contribution is -0.125. The molecule has 0 saturated heterocycles. The van der Waals surface area contributed by atoms with Crippen LogP contribution in [0, 0.1) is 0 Å². The second kappa shape index (κ2) is 9.09. The minimum atomic E-state index is -0.0803. The molecule has 2 aromatic heterocycles. The molecule has 0 unspecified atom stereocenters. The number of carbonyl (C=O) groups is 2. The van der Waals surface area contributed by atoms with Crippen molar-refractivity contribution in [3.63, 3.8) is 0 Å². The van der Waals surface area contributed by atoms with E-state index in [1.807, 2.05) is 38.9 Å². The summed E-state index contributed by atoms with van der Waals surface area (Å²) in [7, 11) is 5.70. The molecule has 0 spiro atoms. The molecule has 3 rings (SSSR count). The molecule has 0 aromatic carbocycles. The van der Waals surface area contributed by atoms with E-state index >= 15 is 0 Å². The summed E-state index contributed by atoms with van der Waals surface area (Å²) in [5.74, 6) is 0.432. The molecular formula is C23H29N5O2. The number of anilines is 1. The van der Waals surface area contributed by atoms with Crippen LogP contribution in [-0.2, 0) is 29.7 Å². The van der Waals surface area contributed by atoms with Crippen LogP contribution in [0.2, 0.25) is 0 Å². The predicted molar refractivity (Wildman–Crippen MR) is 120 cm³/mol. The number of pyridine rings is 1. The average molecular weight is 408 g/mol. The Hall–Kier alpha value is -3.19. The Morgan fingerprint density at radius 1 is 1.27 bits per heavy atom. The maximum absolute atomic E-state index is 12.6.